The maximum absolute atomic E-state index is 9.89. The molecule has 10 heavy (non-hydrogen) atoms. The van der Waals surface area contributed by atoms with E-state index in [1.54, 1.807) is 6.07 Å². The van der Waals surface area contributed by atoms with E-state index < -0.39 is 0 Å². The van der Waals surface area contributed by atoms with Gasteiger partial charge in [0.25, 0.3) is 0 Å². The minimum Gasteiger partial charge on any atom is -0.506 e. The number of benzene rings is 1. The van der Waals surface area contributed by atoms with Crippen molar-refractivity contribution in [3.63, 3.8) is 0 Å². The summed E-state index contributed by atoms with van der Waals surface area (Å²) in [4.78, 5) is 9.89. The van der Waals surface area contributed by atoms with Gasteiger partial charge in [-0.15, -0.1) is 0 Å². The maximum atomic E-state index is 9.89. The monoisotopic (exact) mass is 136 g/mol. The van der Waals surface area contributed by atoms with Crippen LogP contribution in [0.15, 0.2) is 18.2 Å². The Morgan fingerprint density at radius 1 is 1.70 bits per heavy atom. The normalized spacial score (nSPS) is 8.80. The van der Waals surface area contributed by atoms with Crippen molar-refractivity contribution >= 4 is 12.1 Å². The Bertz CT molecular complexity index is 235. The van der Waals surface area contributed by atoms with E-state index in [1.165, 1.54) is 12.1 Å². The highest BCUT2D eigenvalue weighted by Crippen LogP contribution is 2.19. The number of aromatic hydroxyl groups is 1. The molecule has 1 radical (unpaired) electrons. The first-order valence-electron chi connectivity index (χ1n) is 2.74. The minimum absolute atomic E-state index is 0.0471. The van der Waals surface area contributed by atoms with Gasteiger partial charge in [0.05, 0.1) is 5.69 Å². The first kappa shape index (κ1) is 6.61. The summed E-state index contributed by atoms with van der Waals surface area (Å²) in [5.74, 6) is 0.0471. The second-order valence-corrected chi connectivity index (χ2v) is 1.71. The third-order valence-corrected chi connectivity index (χ3v) is 1.06. The van der Waals surface area contributed by atoms with Gasteiger partial charge in [-0.3, -0.25) is 4.79 Å². The van der Waals surface area contributed by atoms with E-state index in [-0.39, 0.29) is 5.75 Å². The van der Waals surface area contributed by atoms with Crippen molar-refractivity contribution in [1.29, 1.82) is 0 Å². The highest BCUT2D eigenvalue weighted by atomic mass is 16.3. The van der Waals surface area contributed by atoms with E-state index in [0.717, 1.165) is 0 Å². The van der Waals surface area contributed by atoms with Crippen LogP contribution < -0.4 is 5.32 Å². The van der Waals surface area contributed by atoms with Crippen molar-refractivity contribution in [3.05, 3.63) is 24.3 Å². The van der Waals surface area contributed by atoms with Crippen molar-refractivity contribution in [2.45, 2.75) is 0 Å². The molecule has 1 aromatic rings. The SMILES string of the molecule is O=CNc1c[c]ccc1O. The van der Waals surface area contributed by atoms with Crippen molar-refractivity contribution in [2.24, 2.45) is 0 Å². The summed E-state index contributed by atoms with van der Waals surface area (Å²) in [6.07, 6.45) is 0.503. The largest absolute Gasteiger partial charge is 0.506 e. The average molecular weight is 136 g/mol. The van der Waals surface area contributed by atoms with E-state index in [0.29, 0.717) is 12.1 Å². The van der Waals surface area contributed by atoms with E-state index in [2.05, 4.69) is 11.4 Å². The Balaban J connectivity index is 2.91. The molecule has 2 N–H and O–H groups in total. The number of hydrogen-bond acceptors (Lipinski definition) is 2. The number of rotatable bonds is 2. The van der Waals surface area contributed by atoms with Crippen LogP contribution in [0.2, 0.25) is 0 Å². The molecule has 0 saturated heterocycles. The van der Waals surface area contributed by atoms with Gasteiger partial charge in [-0.05, 0) is 18.2 Å². The molecule has 0 unspecified atom stereocenters. The zero-order valence-corrected chi connectivity index (χ0v) is 5.16. The van der Waals surface area contributed by atoms with Crippen LogP contribution in [0, 0.1) is 6.07 Å². The first-order valence-corrected chi connectivity index (χ1v) is 2.74. The molecule has 0 saturated carbocycles. The molecule has 0 aromatic heterocycles. The number of anilines is 1. The van der Waals surface area contributed by atoms with Gasteiger partial charge >= 0.3 is 0 Å². The van der Waals surface area contributed by atoms with Crippen molar-refractivity contribution < 1.29 is 9.90 Å². The number of nitrogens with one attached hydrogen (secondary N) is 1. The lowest BCUT2D eigenvalue weighted by Gasteiger charge is -1.98. The molecule has 51 valence electrons. The number of amides is 1. The molecule has 0 aliphatic heterocycles. The van der Waals surface area contributed by atoms with Gasteiger partial charge in [-0.2, -0.15) is 0 Å². The first-order chi connectivity index (χ1) is 4.84. The Kier molecular flexibility index (Phi) is 1.89. The topological polar surface area (TPSA) is 49.3 Å². The van der Waals surface area contributed by atoms with Gasteiger partial charge in [-0.25, -0.2) is 0 Å². The fraction of sp³-hybridized carbons (Fsp3) is 0. The van der Waals surface area contributed by atoms with E-state index in [1.807, 2.05) is 0 Å². The molecule has 0 fully saturated rings. The second-order valence-electron chi connectivity index (χ2n) is 1.71. The predicted octanol–water partition coefficient (Wildman–Crippen LogP) is 0.761. The quantitative estimate of drug-likeness (QED) is 0.465. The summed E-state index contributed by atoms with van der Waals surface area (Å²) >= 11 is 0. The molecule has 1 rings (SSSR count). The van der Waals surface area contributed by atoms with Crippen LogP contribution in [0.3, 0.4) is 0 Å². The molecule has 0 aliphatic rings. The lowest BCUT2D eigenvalue weighted by Crippen LogP contribution is -1.92. The molecule has 0 heterocycles. The fourth-order valence-electron chi connectivity index (χ4n) is 0.601. The summed E-state index contributed by atoms with van der Waals surface area (Å²) in [6, 6.07) is 7.21. The van der Waals surface area contributed by atoms with Crippen LogP contribution in [0.5, 0.6) is 5.75 Å². The molecule has 3 nitrogen and oxygen atoms in total. The number of carbonyl (C=O) groups excluding carboxylic acids is 1. The molecule has 0 bridgehead atoms. The van der Waals surface area contributed by atoms with Gasteiger partial charge in [0.1, 0.15) is 5.75 Å². The van der Waals surface area contributed by atoms with E-state index in [4.69, 9.17) is 5.11 Å². The lowest BCUT2D eigenvalue weighted by molar-refractivity contribution is -0.105. The molecular formula is C7H6NO2. The Morgan fingerprint density at radius 2 is 2.50 bits per heavy atom. The van der Waals surface area contributed by atoms with Crippen LogP contribution >= 0.6 is 0 Å². The van der Waals surface area contributed by atoms with Crippen LogP contribution in [0.4, 0.5) is 5.69 Å². The highest BCUT2D eigenvalue weighted by molar-refractivity contribution is 5.74. The lowest BCUT2D eigenvalue weighted by atomic mass is 10.3. The Hall–Kier alpha value is -1.51. The Morgan fingerprint density at radius 3 is 3.10 bits per heavy atom. The molecular weight excluding hydrogens is 130 g/mol. The summed E-state index contributed by atoms with van der Waals surface area (Å²) in [5.41, 5.74) is 0.373. The average Bonchev–Trinajstić information content (AvgIpc) is 1.94. The smallest absolute Gasteiger partial charge is 0.211 e. The molecule has 3 heteroatoms. The molecule has 0 spiro atoms. The molecule has 1 amide bonds. The van der Waals surface area contributed by atoms with Crippen LogP contribution in [-0.4, -0.2) is 11.5 Å². The van der Waals surface area contributed by atoms with Crippen molar-refractivity contribution in [2.75, 3.05) is 5.32 Å². The number of hydrogen-bond donors (Lipinski definition) is 2. The van der Waals surface area contributed by atoms with E-state index >= 15 is 0 Å². The van der Waals surface area contributed by atoms with Crippen LogP contribution in [-0.2, 0) is 4.79 Å². The maximum Gasteiger partial charge on any atom is 0.211 e. The van der Waals surface area contributed by atoms with Crippen LogP contribution in [0.25, 0.3) is 0 Å². The van der Waals surface area contributed by atoms with Gasteiger partial charge in [0, 0.05) is 0 Å². The number of phenols is 1. The van der Waals surface area contributed by atoms with Crippen molar-refractivity contribution in [1.82, 2.24) is 0 Å². The van der Waals surface area contributed by atoms with Gasteiger partial charge in [0.15, 0.2) is 0 Å². The Labute approximate surface area is 58.3 Å². The molecule has 0 atom stereocenters. The van der Waals surface area contributed by atoms with Gasteiger partial charge < -0.3 is 10.4 Å². The fourth-order valence-corrected chi connectivity index (χ4v) is 0.601. The second kappa shape index (κ2) is 2.87. The van der Waals surface area contributed by atoms with Crippen LogP contribution in [0.1, 0.15) is 0 Å². The van der Waals surface area contributed by atoms with Gasteiger partial charge in [-0.1, -0.05) is 6.07 Å². The van der Waals surface area contributed by atoms with Gasteiger partial charge in [0.2, 0.25) is 6.41 Å². The number of phenolic OH excluding ortho intramolecular Hbond substituents is 1. The third-order valence-electron chi connectivity index (χ3n) is 1.06. The summed E-state index contributed by atoms with van der Waals surface area (Å²) in [6.45, 7) is 0. The zero-order valence-electron chi connectivity index (χ0n) is 5.16. The van der Waals surface area contributed by atoms with Crippen molar-refractivity contribution in [3.8, 4) is 5.75 Å². The predicted molar refractivity (Wildman–Crippen MR) is 36.6 cm³/mol. The van der Waals surface area contributed by atoms with E-state index in [9.17, 15) is 4.79 Å². The third kappa shape index (κ3) is 1.25. The highest BCUT2D eigenvalue weighted by Gasteiger charge is 1.94. The summed E-state index contributed by atoms with van der Waals surface area (Å²) in [5, 5.41) is 11.3. The standard InChI is InChI=1S/C7H6NO2/c9-5-8-6-3-1-2-4-7(6)10/h2-5,10H,(H,8,9). The number of carbonyl (C=O) groups is 1. The minimum atomic E-state index is 0.0471. The summed E-state index contributed by atoms with van der Waals surface area (Å²) < 4.78 is 0. The zero-order chi connectivity index (χ0) is 7.40. The molecule has 1 aromatic carbocycles. The summed E-state index contributed by atoms with van der Waals surface area (Å²) in [7, 11) is 0. The molecule has 0 aliphatic carbocycles.